The molecule has 0 bridgehead atoms. The molecule has 3 aromatic rings. The van der Waals surface area contributed by atoms with Crippen LogP contribution in [0.25, 0.3) is 0 Å². The molecule has 2 aromatic carbocycles. The second-order valence-corrected chi connectivity index (χ2v) is 7.51. The number of fused-ring (bicyclic) bond motifs is 1. The maximum Gasteiger partial charge on any atom is 0.255 e. The first-order valence-corrected chi connectivity index (χ1v) is 9.81. The number of benzene rings is 2. The Morgan fingerprint density at radius 2 is 1.88 bits per heavy atom. The Morgan fingerprint density at radius 3 is 2.69 bits per heavy atom. The van der Waals surface area contributed by atoms with Gasteiger partial charge in [-0.25, -0.2) is 0 Å². The van der Waals surface area contributed by atoms with Gasteiger partial charge in [-0.2, -0.15) is 0 Å². The van der Waals surface area contributed by atoms with Crippen molar-refractivity contribution in [2.24, 2.45) is 0 Å². The van der Waals surface area contributed by atoms with Crippen LogP contribution in [0.2, 0.25) is 0 Å². The van der Waals surface area contributed by atoms with Gasteiger partial charge in [0.2, 0.25) is 0 Å². The van der Waals surface area contributed by atoms with Crippen molar-refractivity contribution in [3.63, 3.8) is 0 Å². The van der Waals surface area contributed by atoms with Crippen molar-refractivity contribution in [3.8, 4) is 0 Å². The lowest BCUT2D eigenvalue weighted by Crippen LogP contribution is -2.12. The van der Waals surface area contributed by atoms with E-state index in [1.807, 2.05) is 48.7 Å². The number of aromatic nitrogens is 1. The van der Waals surface area contributed by atoms with E-state index in [2.05, 4.69) is 22.4 Å². The molecule has 0 unspecified atom stereocenters. The Bertz CT molecular complexity index is 907. The highest BCUT2D eigenvalue weighted by Crippen LogP contribution is 2.25. The van der Waals surface area contributed by atoms with E-state index in [-0.39, 0.29) is 5.91 Å². The number of hydrogen-bond acceptors (Lipinski definition) is 3. The van der Waals surface area contributed by atoms with Crippen LogP contribution in [0, 0.1) is 0 Å². The topological polar surface area (TPSA) is 42.0 Å². The SMILES string of the molecule is O=C(Nc1ccc(SCc2cccnc2)cc1)c1ccc2c(c1)CCC2. The summed E-state index contributed by atoms with van der Waals surface area (Å²) >= 11 is 1.76. The number of carbonyl (C=O) groups is 1. The van der Waals surface area contributed by atoms with E-state index in [0.717, 1.165) is 29.8 Å². The molecule has 4 rings (SSSR count). The molecule has 3 nitrogen and oxygen atoms in total. The van der Waals surface area contributed by atoms with E-state index in [0.29, 0.717) is 0 Å². The third-order valence-electron chi connectivity index (χ3n) is 4.60. The van der Waals surface area contributed by atoms with Crippen LogP contribution in [-0.2, 0) is 18.6 Å². The van der Waals surface area contributed by atoms with Crippen LogP contribution in [0.1, 0.15) is 33.5 Å². The molecule has 1 N–H and O–H groups in total. The van der Waals surface area contributed by atoms with E-state index in [4.69, 9.17) is 0 Å². The molecular weight excluding hydrogens is 340 g/mol. The van der Waals surface area contributed by atoms with Gasteiger partial charge in [0.15, 0.2) is 0 Å². The van der Waals surface area contributed by atoms with Crippen molar-refractivity contribution in [2.75, 3.05) is 5.32 Å². The number of rotatable bonds is 5. The molecule has 0 fully saturated rings. The second kappa shape index (κ2) is 7.75. The van der Waals surface area contributed by atoms with Crippen molar-refractivity contribution in [1.29, 1.82) is 0 Å². The normalized spacial score (nSPS) is 12.6. The maximum absolute atomic E-state index is 12.5. The summed E-state index contributed by atoms with van der Waals surface area (Å²) in [6, 6.07) is 18.1. The highest BCUT2D eigenvalue weighted by Gasteiger charge is 2.14. The third kappa shape index (κ3) is 3.97. The summed E-state index contributed by atoms with van der Waals surface area (Å²) in [7, 11) is 0. The molecule has 1 aliphatic carbocycles. The molecule has 1 heterocycles. The largest absolute Gasteiger partial charge is 0.322 e. The Hall–Kier alpha value is -2.59. The van der Waals surface area contributed by atoms with E-state index in [1.54, 1.807) is 18.0 Å². The molecular formula is C22H20N2OS. The predicted octanol–water partition coefficient (Wildman–Crippen LogP) is 5.11. The van der Waals surface area contributed by atoms with Crippen molar-refractivity contribution in [1.82, 2.24) is 4.98 Å². The summed E-state index contributed by atoms with van der Waals surface area (Å²) in [5.74, 6) is 0.838. The minimum Gasteiger partial charge on any atom is -0.322 e. The molecule has 0 spiro atoms. The number of pyridine rings is 1. The van der Waals surface area contributed by atoms with E-state index < -0.39 is 0 Å². The van der Waals surface area contributed by atoms with Gasteiger partial charge in [-0.1, -0.05) is 12.1 Å². The van der Waals surface area contributed by atoms with Gasteiger partial charge < -0.3 is 5.32 Å². The lowest BCUT2D eigenvalue weighted by molar-refractivity contribution is 0.102. The summed E-state index contributed by atoms with van der Waals surface area (Å²) in [6.07, 6.45) is 7.08. The molecule has 4 heteroatoms. The molecule has 0 radical (unpaired) electrons. The lowest BCUT2D eigenvalue weighted by atomic mass is 10.1. The van der Waals surface area contributed by atoms with Gasteiger partial charge in [0.25, 0.3) is 5.91 Å². The van der Waals surface area contributed by atoms with Crippen LogP contribution in [0.15, 0.2) is 71.9 Å². The molecule has 1 aliphatic rings. The van der Waals surface area contributed by atoms with Crippen LogP contribution < -0.4 is 5.32 Å². The van der Waals surface area contributed by atoms with E-state index in [9.17, 15) is 4.79 Å². The first-order valence-electron chi connectivity index (χ1n) is 8.83. The van der Waals surface area contributed by atoms with Crippen LogP contribution >= 0.6 is 11.8 Å². The minimum atomic E-state index is -0.0459. The van der Waals surface area contributed by atoms with Gasteiger partial charge in [-0.3, -0.25) is 9.78 Å². The third-order valence-corrected chi connectivity index (χ3v) is 5.68. The van der Waals surface area contributed by atoms with Crippen molar-refractivity contribution >= 4 is 23.4 Å². The standard InChI is InChI=1S/C22H20N2OS/c25-22(19-7-6-17-4-1-5-18(17)13-19)24-20-8-10-21(11-9-20)26-15-16-3-2-12-23-14-16/h2-3,6-14H,1,4-5,15H2,(H,24,25). The zero-order valence-corrected chi connectivity index (χ0v) is 15.3. The highest BCUT2D eigenvalue weighted by molar-refractivity contribution is 7.98. The Labute approximate surface area is 157 Å². The van der Waals surface area contributed by atoms with E-state index in [1.165, 1.54) is 28.0 Å². The summed E-state index contributed by atoms with van der Waals surface area (Å²) in [5, 5.41) is 2.99. The van der Waals surface area contributed by atoms with Gasteiger partial charge in [-0.15, -0.1) is 11.8 Å². The molecule has 0 saturated heterocycles. The monoisotopic (exact) mass is 360 g/mol. The molecule has 130 valence electrons. The van der Waals surface area contributed by atoms with Crippen LogP contribution in [0.4, 0.5) is 5.69 Å². The number of aryl methyl sites for hydroxylation is 2. The smallest absolute Gasteiger partial charge is 0.255 e. The number of nitrogens with zero attached hydrogens (tertiary/aromatic N) is 1. The fourth-order valence-corrected chi connectivity index (χ4v) is 4.03. The summed E-state index contributed by atoms with van der Waals surface area (Å²) in [6.45, 7) is 0. The van der Waals surface area contributed by atoms with Gasteiger partial charge in [0.05, 0.1) is 0 Å². The average molecular weight is 360 g/mol. The maximum atomic E-state index is 12.5. The van der Waals surface area contributed by atoms with Gasteiger partial charge in [-0.05, 0) is 78.4 Å². The van der Waals surface area contributed by atoms with Crippen LogP contribution in [0.5, 0.6) is 0 Å². The van der Waals surface area contributed by atoms with E-state index >= 15 is 0 Å². The number of nitrogens with one attached hydrogen (secondary N) is 1. The first-order chi connectivity index (χ1) is 12.8. The van der Waals surface area contributed by atoms with Crippen LogP contribution in [-0.4, -0.2) is 10.9 Å². The quantitative estimate of drug-likeness (QED) is 0.643. The number of carbonyl (C=O) groups excluding carboxylic acids is 1. The molecule has 0 saturated carbocycles. The predicted molar refractivity (Wildman–Crippen MR) is 107 cm³/mol. The summed E-state index contributed by atoms with van der Waals surface area (Å²) in [4.78, 5) is 17.8. The van der Waals surface area contributed by atoms with Crippen molar-refractivity contribution < 1.29 is 4.79 Å². The summed E-state index contributed by atoms with van der Waals surface area (Å²) in [5.41, 5.74) is 5.46. The Balaban J connectivity index is 1.37. The fourth-order valence-electron chi connectivity index (χ4n) is 3.20. The summed E-state index contributed by atoms with van der Waals surface area (Å²) < 4.78 is 0. The fraction of sp³-hybridized carbons (Fsp3) is 0.182. The van der Waals surface area contributed by atoms with Gasteiger partial charge in [0, 0.05) is 34.3 Å². The first kappa shape index (κ1) is 16.9. The number of anilines is 1. The zero-order chi connectivity index (χ0) is 17.8. The molecule has 26 heavy (non-hydrogen) atoms. The molecule has 1 amide bonds. The van der Waals surface area contributed by atoms with Gasteiger partial charge >= 0.3 is 0 Å². The van der Waals surface area contributed by atoms with Gasteiger partial charge in [0.1, 0.15) is 0 Å². The number of hydrogen-bond donors (Lipinski definition) is 1. The Morgan fingerprint density at radius 1 is 1.04 bits per heavy atom. The zero-order valence-electron chi connectivity index (χ0n) is 14.4. The highest BCUT2D eigenvalue weighted by atomic mass is 32.2. The lowest BCUT2D eigenvalue weighted by Gasteiger charge is -2.08. The number of amides is 1. The molecule has 1 aromatic heterocycles. The molecule has 0 aliphatic heterocycles. The minimum absolute atomic E-state index is 0.0459. The van der Waals surface area contributed by atoms with Crippen molar-refractivity contribution in [3.05, 3.63) is 89.2 Å². The van der Waals surface area contributed by atoms with Crippen molar-refractivity contribution in [2.45, 2.75) is 29.9 Å². The molecule has 0 atom stereocenters. The van der Waals surface area contributed by atoms with Crippen LogP contribution in [0.3, 0.4) is 0 Å². The second-order valence-electron chi connectivity index (χ2n) is 6.47. The average Bonchev–Trinajstić information content (AvgIpc) is 3.16. The Kier molecular flexibility index (Phi) is 5.02. The number of thioether (sulfide) groups is 1.